The maximum atomic E-state index is 13.1. The van der Waals surface area contributed by atoms with Gasteiger partial charge in [0.25, 0.3) is 0 Å². The van der Waals surface area contributed by atoms with Crippen LogP contribution < -0.4 is 5.32 Å². The van der Waals surface area contributed by atoms with Gasteiger partial charge in [0.2, 0.25) is 0 Å². The molecule has 2 rings (SSSR count). The lowest BCUT2D eigenvalue weighted by atomic mass is 10.0. The van der Waals surface area contributed by atoms with Crippen molar-refractivity contribution in [1.82, 2.24) is 5.32 Å². The fourth-order valence-corrected chi connectivity index (χ4v) is 2.00. The SMILES string of the molecule is Fc1cc(C[C@H]2CCCN2)ccc1Cl. The van der Waals surface area contributed by atoms with Crippen molar-refractivity contribution in [1.29, 1.82) is 0 Å². The van der Waals surface area contributed by atoms with Gasteiger partial charge in [-0.3, -0.25) is 0 Å². The summed E-state index contributed by atoms with van der Waals surface area (Å²) in [5.74, 6) is -0.317. The number of rotatable bonds is 2. The Morgan fingerprint density at radius 1 is 1.50 bits per heavy atom. The summed E-state index contributed by atoms with van der Waals surface area (Å²) in [4.78, 5) is 0. The van der Waals surface area contributed by atoms with Gasteiger partial charge in [-0.2, -0.15) is 0 Å². The molecule has 0 radical (unpaired) electrons. The maximum Gasteiger partial charge on any atom is 0.142 e. The van der Waals surface area contributed by atoms with Crippen LogP contribution in [0.2, 0.25) is 5.02 Å². The van der Waals surface area contributed by atoms with Gasteiger partial charge in [-0.05, 0) is 43.5 Å². The third kappa shape index (κ3) is 2.25. The summed E-state index contributed by atoms with van der Waals surface area (Å²) in [6, 6.07) is 5.56. The minimum absolute atomic E-state index is 0.202. The summed E-state index contributed by atoms with van der Waals surface area (Å²) >= 11 is 5.61. The monoisotopic (exact) mass is 213 g/mol. The number of hydrogen-bond acceptors (Lipinski definition) is 1. The first-order valence-electron chi connectivity index (χ1n) is 4.93. The van der Waals surface area contributed by atoms with Crippen molar-refractivity contribution in [2.24, 2.45) is 0 Å². The van der Waals surface area contributed by atoms with Gasteiger partial charge < -0.3 is 5.32 Å². The van der Waals surface area contributed by atoms with Gasteiger partial charge in [0.15, 0.2) is 0 Å². The Kier molecular flexibility index (Phi) is 3.04. The van der Waals surface area contributed by atoms with Crippen LogP contribution in [0.3, 0.4) is 0 Å². The lowest BCUT2D eigenvalue weighted by Gasteiger charge is -2.09. The molecule has 0 spiro atoms. The number of benzene rings is 1. The third-order valence-electron chi connectivity index (χ3n) is 2.63. The highest BCUT2D eigenvalue weighted by atomic mass is 35.5. The third-order valence-corrected chi connectivity index (χ3v) is 2.94. The van der Waals surface area contributed by atoms with E-state index in [9.17, 15) is 4.39 Å². The van der Waals surface area contributed by atoms with E-state index in [1.165, 1.54) is 18.9 Å². The molecular formula is C11H13ClFN. The van der Waals surface area contributed by atoms with Crippen LogP contribution in [0.1, 0.15) is 18.4 Å². The van der Waals surface area contributed by atoms with E-state index in [-0.39, 0.29) is 10.8 Å². The first kappa shape index (κ1) is 9.94. The van der Waals surface area contributed by atoms with Crippen LogP contribution in [0.15, 0.2) is 18.2 Å². The van der Waals surface area contributed by atoms with Crippen LogP contribution in [0.4, 0.5) is 4.39 Å². The Labute approximate surface area is 88.3 Å². The highest BCUT2D eigenvalue weighted by Gasteiger charge is 2.14. The van der Waals surface area contributed by atoms with E-state index >= 15 is 0 Å². The molecule has 0 unspecified atom stereocenters. The molecule has 1 N–H and O–H groups in total. The van der Waals surface area contributed by atoms with Crippen LogP contribution >= 0.6 is 11.6 Å². The fourth-order valence-electron chi connectivity index (χ4n) is 1.88. The zero-order chi connectivity index (χ0) is 9.97. The molecule has 1 fully saturated rings. The lowest BCUT2D eigenvalue weighted by Crippen LogP contribution is -2.23. The molecule has 14 heavy (non-hydrogen) atoms. The van der Waals surface area contributed by atoms with E-state index in [0.29, 0.717) is 6.04 Å². The second-order valence-electron chi connectivity index (χ2n) is 3.75. The standard InChI is InChI=1S/C11H13ClFN/c12-10-4-3-8(7-11(10)13)6-9-2-1-5-14-9/h3-4,7,9,14H,1-2,5-6H2/t9-/m1/s1. The Hall–Kier alpha value is -0.600. The van der Waals surface area contributed by atoms with E-state index in [4.69, 9.17) is 11.6 Å². The van der Waals surface area contributed by atoms with E-state index in [2.05, 4.69) is 5.32 Å². The molecule has 1 aromatic carbocycles. The molecule has 1 aliphatic rings. The van der Waals surface area contributed by atoms with Gasteiger partial charge in [0.1, 0.15) is 5.82 Å². The summed E-state index contributed by atoms with van der Waals surface area (Å²) in [5.41, 5.74) is 1.02. The molecule has 0 amide bonds. The van der Waals surface area contributed by atoms with Crippen molar-refractivity contribution >= 4 is 11.6 Å². The van der Waals surface area contributed by atoms with Gasteiger partial charge >= 0.3 is 0 Å². The van der Waals surface area contributed by atoms with Crippen molar-refractivity contribution in [3.05, 3.63) is 34.6 Å². The predicted molar refractivity (Wildman–Crippen MR) is 56.1 cm³/mol. The summed E-state index contributed by atoms with van der Waals surface area (Å²) in [6.45, 7) is 1.08. The van der Waals surface area contributed by atoms with Crippen LogP contribution in [0.5, 0.6) is 0 Å². The predicted octanol–water partition coefficient (Wildman–Crippen LogP) is 2.77. The van der Waals surface area contributed by atoms with E-state index in [1.807, 2.05) is 6.07 Å². The highest BCUT2D eigenvalue weighted by molar-refractivity contribution is 6.30. The first-order chi connectivity index (χ1) is 6.75. The molecule has 1 nitrogen and oxygen atoms in total. The molecule has 1 heterocycles. The largest absolute Gasteiger partial charge is 0.314 e. The summed E-state index contributed by atoms with van der Waals surface area (Å²) in [6.07, 6.45) is 3.30. The van der Waals surface area contributed by atoms with Gasteiger partial charge in [-0.1, -0.05) is 17.7 Å². The molecule has 3 heteroatoms. The molecule has 0 saturated carbocycles. The van der Waals surface area contributed by atoms with Crippen molar-refractivity contribution in [3.63, 3.8) is 0 Å². The van der Waals surface area contributed by atoms with Crippen molar-refractivity contribution in [2.75, 3.05) is 6.54 Å². The molecule has 1 atom stereocenters. The summed E-state index contributed by atoms with van der Waals surface area (Å²) in [5, 5.41) is 3.59. The van der Waals surface area contributed by atoms with Gasteiger partial charge in [0.05, 0.1) is 5.02 Å². The molecule has 1 aromatic rings. The van der Waals surface area contributed by atoms with Crippen LogP contribution in [0, 0.1) is 5.82 Å². The van der Waals surface area contributed by atoms with Gasteiger partial charge in [-0.15, -0.1) is 0 Å². The van der Waals surface area contributed by atoms with Crippen LogP contribution in [-0.2, 0) is 6.42 Å². The Morgan fingerprint density at radius 3 is 3.00 bits per heavy atom. The zero-order valence-corrected chi connectivity index (χ0v) is 8.65. The molecule has 0 bridgehead atoms. The number of halogens is 2. The summed E-state index contributed by atoms with van der Waals surface area (Å²) < 4.78 is 13.1. The minimum atomic E-state index is -0.317. The van der Waals surface area contributed by atoms with Crippen molar-refractivity contribution in [3.8, 4) is 0 Å². The van der Waals surface area contributed by atoms with Gasteiger partial charge in [0, 0.05) is 6.04 Å². The number of hydrogen-bond donors (Lipinski definition) is 1. The second kappa shape index (κ2) is 4.28. The molecule has 0 aliphatic carbocycles. The normalized spacial score (nSPS) is 21.4. The van der Waals surface area contributed by atoms with E-state index in [0.717, 1.165) is 18.5 Å². The van der Waals surface area contributed by atoms with Crippen molar-refractivity contribution in [2.45, 2.75) is 25.3 Å². The zero-order valence-electron chi connectivity index (χ0n) is 7.89. The van der Waals surface area contributed by atoms with Crippen LogP contribution in [0.25, 0.3) is 0 Å². The summed E-state index contributed by atoms with van der Waals surface area (Å²) in [7, 11) is 0. The van der Waals surface area contributed by atoms with Crippen LogP contribution in [-0.4, -0.2) is 12.6 Å². The highest BCUT2D eigenvalue weighted by Crippen LogP contribution is 2.18. The Bertz CT molecular complexity index is 321. The van der Waals surface area contributed by atoms with E-state index < -0.39 is 0 Å². The first-order valence-corrected chi connectivity index (χ1v) is 5.31. The molecule has 1 aliphatic heterocycles. The maximum absolute atomic E-state index is 13.1. The molecule has 76 valence electrons. The molecular weight excluding hydrogens is 201 g/mol. The second-order valence-corrected chi connectivity index (χ2v) is 4.15. The quantitative estimate of drug-likeness (QED) is 0.797. The average molecular weight is 214 g/mol. The minimum Gasteiger partial charge on any atom is -0.314 e. The Balaban J connectivity index is 2.05. The molecule has 0 aromatic heterocycles. The smallest absolute Gasteiger partial charge is 0.142 e. The van der Waals surface area contributed by atoms with E-state index in [1.54, 1.807) is 6.07 Å². The van der Waals surface area contributed by atoms with Gasteiger partial charge in [-0.25, -0.2) is 4.39 Å². The lowest BCUT2D eigenvalue weighted by molar-refractivity contribution is 0.593. The molecule has 1 saturated heterocycles. The Morgan fingerprint density at radius 2 is 2.36 bits per heavy atom. The fraction of sp³-hybridized carbons (Fsp3) is 0.455. The van der Waals surface area contributed by atoms with Crippen molar-refractivity contribution < 1.29 is 4.39 Å². The topological polar surface area (TPSA) is 12.0 Å². The average Bonchev–Trinajstić information content (AvgIpc) is 2.64. The number of nitrogens with one attached hydrogen (secondary N) is 1.